The molecule has 0 saturated carbocycles. The van der Waals surface area contributed by atoms with Gasteiger partial charge in [0.05, 0.1) is 28.5 Å². The lowest BCUT2D eigenvalue weighted by Crippen LogP contribution is -2.38. The third-order valence-electron chi connectivity index (χ3n) is 5.65. The smallest absolute Gasteiger partial charge is 0.330 e. The average Bonchev–Trinajstić information content (AvgIpc) is 3.37. The van der Waals surface area contributed by atoms with Crippen molar-refractivity contribution in [2.24, 2.45) is 0 Å². The maximum atomic E-state index is 11.8. The molecular formula is C20H24BrIN4O11. The summed E-state index contributed by atoms with van der Waals surface area (Å²) in [6.45, 7) is -0.812. The van der Waals surface area contributed by atoms with E-state index in [1.54, 1.807) is 22.6 Å². The molecule has 2 fully saturated rings. The fourth-order valence-corrected chi connectivity index (χ4v) is 4.43. The first-order chi connectivity index (χ1) is 17.5. The number of halogens is 2. The van der Waals surface area contributed by atoms with E-state index < -0.39 is 72.1 Å². The van der Waals surface area contributed by atoms with E-state index in [2.05, 4.69) is 25.9 Å². The molecule has 37 heavy (non-hydrogen) atoms. The minimum Gasteiger partial charge on any atom is -0.394 e. The van der Waals surface area contributed by atoms with Gasteiger partial charge in [-0.15, -0.1) is 0 Å². The Morgan fingerprint density at radius 3 is 2.14 bits per heavy atom. The van der Waals surface area contributed by atoms with Crippen LogP contribution in [0.3, 0.4) is 0 Å². The van der Waals surface area contributed by atoms with Gasteiger partial charge in [0.2, 0.25) is 0 Å². The lowest BCUT2D eigenvalue weighted by atomic mass is 10.1. The fraction of sp³-hybridized carbons (Fsp3) is 0.500. The molecule has 0 bridgehead atoms. The lowest BCUT2D eigenvalue weighted by molar-refractivity contribution is -0.0550. The summed E-state index contributed by atoms with van der Waals surface area (Å²) in [6.07, 6.45) is -2.88. The van der Waals surface area contributed by atoms with Gasteiger partial charge in [0.15, 0.2) is 6.23 Å². The molecule has 2 aliphatic heterocycles. The highest BCUT2D eigenvalue weighted by atomic mass is 127. The molecule has 1 unspecified atom stereocenters. The highest BCUT2D eigenvalue weighted by Crippen LogP contribution is 2.28. The van der Waals surface area contributed by atoms with Gasteiger partial charge in [-0.2, -0.15) is 0 Å². The van der Waals surface area contributed by atoms with Crippen molar-refractivity contribution in [3.8, 4) is 0 Å². The van der Waals surface area contributed by atoms with Crippen LogP contribution in [0.4, 0.5) is 0 Å². The molecule has 0 aromatic carbocycles. The van der Waals surface area contributed by atoms with E-state index in [-0.39, 0.29) is 18.6 Å². The van der Waals surface area contributed by atoms with E-state index in [0.29, 0.717) is 3.57 Å². The molecule has 0 radical (unpaired) electrons. The van der Waals surface area contributed by atoms with Gasteiger partial charge in [0, 0.05) is 18.8 Å². The predicted molar refractivity (Wildman–Crippen MR) is 138 cm³/mol. The molecule has 7 N–H and O–H groups in total. The Hall–Kier alpha value is -1.97. The van der Waals surface area contributed by atoms with Gasteiger partial charge in [-0.05, 0) is 33.7 Å². The summed E-state index contributed by atoms with van der Waals surface area (Å²) in [5, 5.41) is 47.0. The van der Waals surface area contributed by atoms with E-state index in [4.69, 9.17) is 19.7 Å². The SMILES string of the molecule is O=c1[nH]c(=O)n(C2C[C@H](O)[C@@H](CO)O2)cc1I.O=c1[nH]c(=O)n([C@@H]2O[C@H](CO)[C@@H](O)[C@@H]2O)cc1/C=C/Br. The van der Waals surface area contributed by atoms with Crippen molar-refractivity contribution in [2.75, 3.05) is 13.2 Å². The molecule has 15 nitrogen and oxygen atoms in total. The molecule has 7 atom stereocenters. The summed E-state index contributed by atoms with van der Waals surface area (Å²) in [7, 11) is 0. The predicted octanol–water partition coefficient (Wildman–Crippen LogP) is -2.70. The molecule has 4 heterocycles. The van der Waals surface area contributed by atoms with Crippen LogP contribution >= 0.6 is 38.5 Å². The molecule has 2 aromatic heterocycles. The van der Waals surface area contributed by atoms with Crippen LogP contribution < -0.4 is 22.5 Å². The van der Waals surface area contributed by atoms with E-state index in [1.807, 2.05) is 0 Å². The van der Waals surface area contributed by atoms with Crippen LogP contribution in [-0.4, -0.2) is 88.4 Å². The van der Waals surface area contributed by atoms with Crippen molar-refractivity contribution >= 4 is 44.6 Å². The highest BCUT2D eigenvalue weighted by molar-refractivity contribution is 14.1. The standard InChI is InChI=1S/C11H13BrN2O6.C9H11IN2O5/c12-2-1-5-3-14(11(19)13-9(5)18)10-8(17)7(16)6(4-15)20-10;10-4-2-12(9(16)11-8(4)15)7-1-5(14)6(3-13)17-7/h1-3,6-8,10,15-17H,4H2,(H,13,18,19);2,5-7,13-14H,1,3H2,(H,11,15,16)/b2-1+;/t6-,7-,8+,10-;5-,6+,7?/m10/s1. The fourth-order valence-electron chi connectivity index (χ4n) is 3.71. The van der Waals surface area contributed by atoms with Gasteiger partial charge in [-0.25, -0.2) is 9.59 Å². The van der Waals surface area contributed by atoms with Crippen molar-refractivity contribution in [3.63, 3.8) is 0 Å². The highest BCUT2D eigenvalue weighted by Gasteiger charge is 2.43. The monoisotopic (exact) mass is 702 g/mol. The second-order valence-corrected chi connectivity index (χ2v) is 9.72. The number of hydrogen-bond acceptors (Lipinski definition) is 11. The van der Waals surface area contributed by atoms with Gasteiger partial charge in [-0.1, -0.05) is 15.9 Å². The Kier molecular flexibility index (Phi) is 10.2. The quantitative estimate of drug-likeness (QED) is 0.159. The third kappa shape index (κ3) is 6.55. The van der Waals surface area contributed by atoms with Crippen molar-refractivity contribution in [2.45, 2.75) is 49.4 Å². The number of ether oxygens (including phenoxy) is 2. The Bertz CT molecular complexity index is 1360. The molecule has 0 spiro atoms. The van der Waals surface area contributed by atoms with E-state index >= 15 is 0 Å². The van der Waals surface area contributed by atoms with Crippen molar-refractivity contribution < 1.29 is 35.0 Å². The van der Waals surface area contributed by atoms with Gasteiger partial charge in [0.25, 0.3) is 11.1 Å². The zero-order valence-electron chi connectivity index (χ0n) is 18.8. The van der Waals surface area contributed by atoms with Gasteiger partial charge >= 0.3 is 11.4 Å². The Morgan fingerprint density at radius 1 is 0.946 bits per heavy atom. The lowest BCUT2D eigenvalue weighted by Gasteiger charge is -2.17. The largest absolute Gasteiger partial charge is 0.394 e. The number of nitrogens with zero attached hydrogens (tertiary/aromatic N) is 2. The summed E-state index contributed by atoms with van der Waals surface area (Å²) in [5.74, 6) is 0. The Morgan fingerprint density at radius 2 is 1.57 bits per heavy atom. The number of rotatable bonds is 5. The maximum absolute atomic E-state index is 11.8. The molecular weight excluding hydrogens is 679 g/mol. The summed E-state index contributed by atoms with van der Waals surface area (Å²) in [6, 6.07) is 0. The maximum Gasteiger partial charge on any atom is 0.330 e. The van der Waals surface area contributed by atoms with E-state index in [1.165, 1.54) is 28.0 Å². The molecule has 2 saturated heterocycles. The second-order valence-electron chi connectivity index (χ2n) is 8.03. The number of nitrogens with one attached hydrogen (secondary N) is 2. The zero-order chi connectivity index (χ0) is 27.4. The summed E-state index contributed by atoms with van der Waals surface area (Å²) < 4.78 is 13.1. The second kappa shape index (κ2) is 12.7. The summed E-state index contributed by atoms with van der Waals surface area (Å²) in [4.78, 5) is 51.7. The minimum absolute atomic E-state index is 0.166. The number of aliphatic hydroxyl groups is 5. The molecule has 4 rings (SSSR count). The molecule has 2 aliphatic rings. The number of aliphatic hydroxyl groups excluding tert-OH is 5. The van der Waals surface area contributed by atoms with Gasteiger partial charge < -0.3 is 35.0 Å². The van der Waals surface area contributed by atoms with Crippen LogP contribution in [0.25, 0.3) is 6.08 Å². The van der Waals surface area contributed by atoms with Crippen molar-refractivity contribution in [1.29, 1.82) is 0 Å². The molecule has 2 aromatic rings. The van der Waals surface area contributed by atoms with Gasteiger partial charge in [-0.3, -0.25) is 28.7 Å². The number of aromatic amines is 2. The molecule has 17 heteroatoms. The minimum atomic E-state index is -1.39. The van der Waals surface area contributed by atoms with Crippen LogP contribution in [0.2, 0.25) is 0 Å². The Labute approximate surface area is 228 Å². The van der Waals surface area contributed by atoms with Crippen LogP contribution in [0.5, 0.6) is 0 Å². The third-order valence-corrected chi connectivity index (χ3v) is 6.68. The molecule has 0 aliphatic carbocycles. The normalized spacial score (nSPS) is 29.4. The topological polar surface area (TPSA) is 229 Å². The summed E-state index contributed by atoms with van der Waals surface area (Å²) in [5.41, 5.74) is -2.25. The van der Waals surface area contributed by atoms with Gasteiger partial charge in [0.1, 0.15) is 30.6 Å². The summed E-state index contributed by atoms with van der Waals surface area (Å²) >= 11 is 4.82. The first kappa shape index (κ1) is 29.6. The first-order valence-electron chi connectivity index (χ1n) is 10.7. The molecule has 204 valence electrons. The van der Waals surface area contributed by atoms with Crippen LogP contribution in [0.1, 0.15) is 24.4 Å². The number of H-pyrrole nitrogens is 2. The van der Waals surface area contributed by atoms with Crippen molar-refractivity contribution in [3.05, 3.63) is 68.2 Å². The van der Waals surface area contributed by atoms with Crippen LogP contribution in [-0.2, 0) is 9.47 Å². The molecule has 0 amide bonds. The van der Waals surface area contributed by atoms with Crippen LogP contribution in [0.15, 0.2) is 36.6 Å². The van der Waals surface area contributed by atoms with E-state index in [9.17, 15) is 34.5 Å². The Balaban J connectivity index is 0.000000208. The van der Waals surface area contributed by atoms with E-state index in [0.717, 1.165) is 4.57 Å². The number of aromatic nitrogens is 4. The number of hydrogen-bond donors (Lipinski definition) is 7. The average molecular weight is 703 g/mol. The first-order valence-corrected chi connectivity index (χ1v) is 12.7. The van der Waals surface area contributed by atoms with Crippen molar-refractivity contribution in [1.82, 2.24) is 19.1 Å². The van der Waals surface area contributed by atoms with Crippen LogP contribution in [0, 0.1) is 3.57 Å². The zero-order valence-corrected chi connectivity index (χ0v) is 22.6.